The summed E-state index contributed by atoms with van der Waals surface area (Å²) in [5.41, 5.74) is 0. The first kappa shape index (κ1) is 54.5. The normalized spacial score (nSPS) is 12.3. The van der Waals surface area contributed by atoms with Crippen LogP contribution in [-0.2, 0) is 32.7 Å². The third-order valence-electron chi connectivity index (χ3n) is 9.10. The maximum atomic E-state index is 12.1. The van der Waals surface area contributed by atoms with Crippen LogP contribution in [0.3, 0.4) is 0 Å². The molecule has 0 saturated carbocycles. The fourth-order valence-electron chi connectivity index (χ4n) is 5.66. The lowest BCUT2D eigenvalue weighted by Gasteiger charge is -2.15. The van der Waals surface area contributed by atoms with Crippen molar-refractivity contribution in [2.45, 2.75) is 200 Å². The second-order valence-electron chi connectivity index (χ2n) is 14.7. The fourth-order valence-corrected chi connectivity index (χ4v) is 5.99. The molecular weight excluding hydrogens is 701 g/mol. The lowest BCUT2D eigenvalue weighted by atomic mass is 10.1. The van der Waals surface area contributed by atoms with Gasteiger partial charge >= 0.3 is 20.2 Å². The monoisotopic (exact) mass is 787 g/mol. The van der Waals surface area contributed by atoms with E-state index in [9.17, 15) is 19.3 Å². The molecule has 0 aliphatic carbocycles. The van der Waals surface area contributed by atoms with Crippen molar-refractivity contribution in [3.05, 3.63) is 24.3 Å². The number of hydrogen-bond donors (Lipinski definition) is 1. The van der Waals surface area contributed by atoms with E-state index in [2.05, 4.69) is 42.7 Å². The first-order chi connectivity index (χ1) is 26.3. The van der Waals surface area contributed by atoms with E-state index in [0.717, 1.165) is 57.9 Å². The molecule has 9 nitrogen and oxygen atoms in total. The zero-order valence-corrected chi connectivity index (χ0v) is 36.6. The van der Waals surface area contributed by atoms with Gasteiger partial charge in [-0.15, -0.1) is 9.05 Å². The summed E-state index contributed by atoms with van der Waals surface area (Å²) in [4.78, 5) is 26.1. The maximum absolute atomic E-state index is 12.1. The van der Waals surface area contributed by atoms with Crippen molar-refractivity contribution in [1.82, 2.24) is 4.90 Å². The van der Waals surface area contributed by atoms with Crippen LogP contribution in [0, 0.1) is 0 Å². The lowest BCUT2D eigenvalue weighted by Crippen LogP contribution is -2.28. The summed E-state index contributed by atoms with van der Waals surface area (Å²) in [7, 11) is 3.31. The topological polar surface area (TPSA) is 112 Å². The standard InChI is InChI=1S/C39H72O5.C5H13NO3P/c1-3-5-7-9-11-13-15-17-19-21-23-25-27-29-31-33-38(41)43-36-37(35-40)44-39(42)34-32-30-28-26-24-22-20-18-16-14-12-10-8-6-4-2;1-6(2)4-5-9-10(7)8-3/h17-20,37,40H,3-16,21-36H2,1-2H3;4-5H2,1-3H3/q;+1/b19-17-,20-18-;. The van der Waals surface area contributed by atoms with Crippen molar-refractivity contribution < 1.29 is 37.8 Å². The summed E-state index contributed by atoms with van der Waals surface area (Å²) in [6, 6.07) is 0. The fraction of sp³-hybridized carbons (Fsp3) is 0.864. The number of hydrogen-bond acceptors (Lipinski definition) is 9. The number of unbranched alkanes of at least 4 members (excludes halogenated alkanes) is 22. The highest BCUT2D eigenvalue weighted by Gasteiger charge is 2.17. The molecule has 1 N–H and O–H groups in total. The molecule has 10 heteroatoms. The summed E-state index contributed by atoms with van der Waals surface area (Å²) < 4.78 is 30.2. The number of likely N-dealkylation sites (N-methyl/N-ethyl adjacent to an activating group) is 1. The third-order valence-corrected chi connectivity index (χ3v) is 9.79. The summed E-state index contributed by atoms with van der Waals surface area (Å²) in [5.74, 6) is -0.607. The second-order valence-corrected chi connectivity index (χ2v) is 15.8. The molecule has 54 heavy (non-hydrogen) atoms. The van der Waals surface area contributed by atoms with E-state index in [1.54, 1.807) is 0 Å². The van der Waals surface area contributed by atoms with Crippen molar-refractivity contribution in [2.75, 3.05) is 47.6 Å². The Kier molecular flexibility index (Phi) is 46.1. The summed E-state index contributed by atoms with van der Waals surface area (Å²) in [6.07, 6.45) is 40.9. The van der Waals surface area contributed by atoms with Crippen LogP contribution >= 0.6 is 8.25 Å². The highest BCUT2D eigenvalue weighted by Crippen LogP contribution is 2.20. The number of allylic oxidation sites excluding steroid dienone is 4. The molecule has 318 valence electrons. The van der Waals surface area contributed by atoms with E-state index in [1.807, 2.05) is 19.0 Å². The van der Waals surface area contributed by atoms with E-state index in [1.165, 1.54) is 123 Å². The quantitative estimate of drug-likeness (QED) is 0.0282. The Morgan fingerprint density at radius 3 is 1.39 bits per heavy atom. The molecule has 0 amide bonds. The largest absolute Gasteiger partial charge is 0.697 e. The maximum Gasteiger partial charge on any atom is 0.697 e. The van der Waals surface area contributed by atoms with Crippen LogP contribution in [0.15, 0.2) is 24.3 Å². The lowest BCUT2D eigenvalue weighted by molar-refractivity contribution is -0.161. The first-order valence-electron chi connectivity index (χ1n) is 21.8. The van der Waals surface area contributed by atoms with Crippen molar-refractivity contribution >= 4 is 20.2 Å². The Labute approximate surface area is 333 Å². The van der Waals surface area contributed by atoms with E-state index < -0.39 is 14.4 Å². The van der Waals surface area contributed by atoms with E-state index >= 15 is 0 Å². The average molecular weight is 787 g/mol. The smallest absolute Gasteiger partial charge is 0.462 e. The van der Waals surface area contributed by atoms with Crippen LogP contribution < -0.4 is 0 Å². The van der Waals surface area contributed by atoms with E-state index in [4.69, 9.17) is 14.0 Å². The SMILES string of the molecule is CCCCCCCC/C=C\CCCCCCCC(=O)OCC(CO)OC(=O)CCCCCCC/C=C\CCCCCCCC.CO[P+](=O)OCCN(C)C. The molecule has 0 saturated heterocycles. The minimum Gasteiger partial charge on any atom is -0.462 e. The zero-order valence-electron chi connectivity index (χ0n) is 35.7. The zero-order chi connectivity index (χ0) is 40.2. The van der Waals surface area contributed by atoms with Gasteiger partial charge in [-0.2, -0.15) is 0 Å². The van der Waals surface area contributed by atoms with Crippen molar-refractivity contribution in [1.29, 1.82) is 0 Å². The molecule has 0 fully saturated rings. The van der Waals surface area contributed by atoms with E-state index in [0.29, 0.717) is 19.4 Å². The number of rotatable bonds is 39. The van der Waals surface area contributed by atoms with Gasteiger partial charge in [0.25, 0.3) is 0 Å². The third kappa shape index (κ3) is 46.5. The number of carbonyl (C=O) groups is 2. The highest BCUT2D eigenvalue weighted by atomic mass is 31.1. The van der Waals surface area contributed by atoms with Crippen LogP contribution in [-0.4, -0.2) is 75.6 Å². The van der Waals surface area contributed by atoms with Gasteiger partial charge in [0.1, 0.15) is 13.2 Å². The molecule has 0 spiro atoms. The van der Waals surface area contributed by atoms with Crippen LogP contribution in [0.5, 0.6) is 0 Å². The van der Waals surface area contributed by atoms with Gasteiger partial charge in [0.05, 0.1) is 13.7 Å². The summed E-state index contributed by atoms with van der Waals surface area (Å²) in [5, 5.41) is 9.53. The van der Waals surface area contributed by atoms with Crippen molar-refractivity contribution in [2.24, 2.45) is 0 Å². The molecule has 0 radical (unpaired) electrons. The van der Waals surface area contributed by atoms with Gasteiger partial charge in [0.2, 0.25) is 0 Å². The Balaban J connectivity index is 0. The van der Waals surface area contributed by atoms with Gasteiger partial charge in [-0.1, -0.05) is 141 Å². The Morgan fingerprint density at radius 2 is 1.00 bits per heavy atom. The molecule has 0 aliphatic heterocycles. The number of carbonyl (C=O) groups excluding carboxylic acids is 2. The number of aliphatic hydroxyl groups excluding tert-OH is 1. The number of ether oxygens (including phenoxy) is 2. The molecular formula is C44H85NO8P+. The molecule has 2 atom stereocenters. The van der Waals surface area contributed by atoms with Gasteiger partial charge in [-0.3, -0.25) is 9.59 Å². The Bertz CT molecular complexity index is 883. The number of nitrogens with zero attached hydrogens (tertiary/aromatic N) is 1. The van der Waals surface area contributed by atoms with Crippen molar-refractivity contribution in [3.8, 4) is 0 Å². The molecule has 0 aromatic carbocycles. The summed E-state index contributed by atoms with van der Waals surface area (Å²) in [6.45, 7) is 5.31. The van der Waals surface area contributed by atoms with Crippen LogP contribution in [0.2, 0.25) is 0 Å². The highest BCUT2D eigenvalue weighted by molar-refractivity contribution is 7.33. The van der Waals surface area contributed by atoms with Gasteiger partial charge in [0, 0.05) is 24.0 Å². The van der Waals surface area contributed by atoms with Crippen LogP contribution in [0.1, 0.15) is 194 Å². The molecule has 0 aromatic heterocycles. The van der Waals surface area contributed by atoms with Crippen molar-refractivity contribution in [3.63, 3.8) is 0 Å². The first-order valence-corrected chi connectivity index (χ1v) is 22.9. The Morgan fingerprint density at radius 1 is 0.611 bits per heavy atom. The van der Waals surface area contributed by atoms with E-state index in [-0.39, 0.29) is 25.2 Å². The van der Waals surface area contributed by atoms with Gasteiger partial charge in [-0.05, 0) is 78.3 Å². The van der Waals surface area contributed by atoms with Crippen LogP contribution in [0.4, 0.5) is 0 Å². The minimum atomic E-state index is -1.89. The number of esters is 2. The molecule has 0 aliphatic rings. The molecule has 0 heterocycles. The average Bonchev–Trinajstić information content (AvgIpc) is 3.16. The molecule has 2 unspecified atom stereocenters. The summed E-state index contributed by atoms with van der Waals surface area (Å²) >= 11 is 0. The van der Waals surface area contributed by atoms with Gasteiger partial charge in [0.15, 0.2) is 6.10 Å². The van der Waals surface area contributed by atoms with Gasteiger partial charge < -0.3 is 19.5 Å². The predicted octanol–water partition coefficient (Wildman–Crippen LogP) is 12.4. The molecule has 0 bridgehead atoms. The minimum absolute atomic E-state index is 0.0709. The second kappa shape index (κ2) is 45.7. The number of aliphatic hydroxyl groups is 1. The molecule has 0 rings (SSSR count). The predicted molar refractivity (Wildman–Crippen MR) is 226 cm³/mol. The molecule has 0 aromatic rings. The van der Waals surface area contributed by atoms with Gasteiger partial charge in [-0.25, -0.2) is 0 Å². The van der Waals surface area contributed by atoms with Crippen LogP contribution in [0.25, 0.3) is 0 Å². The Hall–Kier alpha value is -1.64.